The van der Waals surface area contributed by atoms with Crippen LogP contribution in [0, 0.1) is 0 Å². The van der Waals surface area contributed by atoms with Crippen molar-refractivity contribution in [2.24, 2.45) is 0 Å². The van der Waals surface area contributed by atoms with E-state index < -0.39 is 0 Å². The Bertz CT molecular complexity index is 3110. The van der Waals surface area contributed by atoms with Crippen molar-refractivity contribution in [1.29, 1.82) is 0 Å². The molecule has 0 aliphatic heterocycles. The van der Waals surface area contributed by atoms with E-state index in [1.54, 1.807) is 0 Å². The molecule has 0 amide bonds. The Kier molecular flexibility index (Phi) is 6.52. The van der Waals surface area contributed by atoms with E-state index >= 15 is 0 Å². The van der Waals surface area contributed by atoms with Crippen LogP contribution in [0.15, 0.2) is 180 Å². The minimum atomic E-state index is 0.616. The van der Waals surface area contributed by atoms with Gasteiger partial charge in [0.05, 0.1) is 0 Å². The van der Waals surface area contributed by atoms with E-state index in [9.17, 15) is 0 Å². The summed E-state index contributed by atoms with van der Waals surface area (Å²) in [4.78, 5) is 15.9. The molecular weight excluding hydrogens is 647 g/mol. The number of aromatic nitrogens is 3. The molecule has 53 heavy (non-hydrogen) atoms. The fourth-order valence-electron chi connectivity index (χ4n) is 8.07. The SMILES string of the molecule is c1cc(-c2nc(-c3cc4ccccc4c4ccccc34)nc(-c3cc4ccccc4c4ccccc34)n2)cc(-c2cccc3oc4ccccc4c23)c1. The van der Waals surface area contributed by atoms with Crippen molar-refractivity contribution in [3.63, 3.8) is 0 Å². The third-order valence-electron chi connectivity index (χ3n) is 10.5. The van der Waals surface area contributed by atoms with Crippen LogP contribution in [0.3, 0.4) is 0 Å². The molecule has 0 fully saturated rings. The fourth-order valence-corrected chi connectivity index (χ4v) is 8.07. The Morgan fingerprint density at radius 2 is 0.774 bits per heavy atom. The number of nitrogens with zero attached hydrogens (tertiary/aromatic N) is 3. The number of benzene rings is 9. The van der Waals surface area contributed by atoms with E-state index in [4.69, 9.17) is 19.4 Å². The van der Waals surface area contributed by atoms with Crippen LogP contribution in [0.1, 0.15) is 0 Å². The Morgan fingerprint density at radius 3 is 1.42 bits per heavy atom. The first kappa shape index (κ1) is 29.5. The van der Waals surface area contributed by atoms with Gasteiger partial charge in [-0.3, -0.25) is 0 Å². The van der Waals surface area contributed by atoms with E-state index in [1.165, 1.54) is 21.5 Å². The lowest BCUT2D eigenvalue weighted by Crippen LogP contribution is -2.01. The highest BCUT2D eigenvalue weighted by atomic mass is 16.3. The van der Waals surface area contributed by atoms with Crippen molar-refractivity contribution < 1.29 is 4.42 Å². The first-order valence-electron chi connectivity index (χ1n) is 17.9. The van der Waals surface area contributed by atoms with Gasteiger partial charge in [0.15, 0.2) is 17.5 Å². The van der Waals surface area contributed by atoms with Crippen molar-refractivity contribution >= 4 is 65.0 Å². The number of hydrogen-bond acceptors (Lipinski definition) is 4. The van der Waals surface area contributed by atoms with Crippen molar-refractivity contribution in [1.82, 2.24) is 15.0 Å². The van der Waals surface area contributed by atoms with Crippen LogP contribution in [0.4, 0.5) is 0 Å². The summed E-state index contributed by atoms with van der Waals surface area (Å²) in [5.41, 5.74) is 6.76. The lowest BCUT2D eigenvalue weighted by Gasteiger charge is -2.14. The molecule has 0 aliphatic rings. The molecule has 11 rings (SSSR count). The number of rotatable bonds is 4. The van der Waals surface area contributed by atoms with E-state index in [0.717, 1.165) is 71.3 Å². The van der Waals surface area contributed by atoms with Crippen LogP contribution >= 0.6 is 0 Å². The number of fused-ring (bicyclic) bond motifs is 9. The largest absolute Gasteiger partial charge is 0.456 e. The molecule has 2 heterocycles. The monoisotopic (exact) mass is 675 g/mol. The van der Waals surface area contributed by atoms with Gasteiger partial charge in [0.1, 0.15) is 11.2 Å². The third-order valence-corrected chi connectivity index (χ3v) is 10.5. The molecule has 0 saturated heterocycles. The molecule has 4 nitrogen and oxygen atoms in total. The van der Waals surface area contributed by atoms with Crippen molar-refractivity contribution in [3.8, 4) is 45.3 Å². The maximum atomic E-state index is 6.26. The Labute approximate surface area is 304 Å². The first-order valence-corrected chi connectivity index (χ1v) is 17.9. The summed E-state index contributed by atoms with van der Waals surface area (Å²) in [6, 6.07) is 61.6. The van der Waals surface area contributed by atoms with E-state index in [2.05, 4.69) is 158 Å². The molecule has 0 radical (unpaired) electrons. The smallest absolute Gasteiger partial charge is 0.164 e. The number of para-hydroxylation sites is 1. The summed E-state index contributed by atoms with van der Waals surface area (Å²) in [5, 5.41) is 11.4. The van der Waals surface area contributed by atoms with Crippen LogP contribution in [0.5, 0.6) is 0 Å². The Balaban J connectivity index is 1.19. The van der Waals surface area contributed by atoms with Gasteiger partial charge >= 0.3 is 0 Å². The fraction of sp³-hybridized carbons (Fsp3) is 0. The highest BCUT2D eigenvalue weighted by molar-refractivity contribution is 6.15. The molecule has 0 N–H and O–H groups in total. The molecule has 0 saturated carbocycles. The van der Waals surface area contributed by atoms with Crippen LogP contribution < -0.4 is 0 Å². The zero-order valence-corrected chi connectivity index (χ0v) is 28.5. The predicted octanol–water partition coefficient (Wildman–Crippen LogP) is 13.1. The molecule has 0 aliphatic carbocycles. The minimum Gasteiger partial charge on any atom is -0.456 e. The second-order valence-electron chi connectivity index (χ2n) is 13.5. The molecule has 9 aromatic carbocycles. The van der Waals surface area contributed by atoms with Gasteiger partial charge in [-0.25, -0.2) is 15.0 Å². The summed E-state index contributed by atoms with van der Waals surface area (Å²) in [6.07, 6.45) is 0. The standard InChI is InChI=1S/C49H29N3O/c1-3-17-34-31(13-1)28-42(39-21-7-5-19-37(34)39)48-50-47(51-49(52-48)43-29-32-14-2-4-18-35(32)38-20-6-8-22-40(38)43)33-16-11-15-30(27-33)36-24-12-26-45-46(36)41-23-9-10-25-44(41)53-45/h1-29H. The highest BCUT2D eigenvalue weighted by Crippen LogP contribution is 2.40. The van der Waals surface area contributed by atoms with Crippen LogP contribution in [0.25, 0.3) is 110 Å². The number of furan rings is 1. The average molecular weight is 676 g/mol. The molecular formula is C49H29N3O. The van der Waals surface area contributed by atoms with Gasteiger partial charge in [0.2, 0.25) is 0 Å². The summed E-state index contributed by atoms with van der Waals surface area (Å²) in [6.45, 7) is 0. The van der Waals surface area contributed by atoms with E-state index in [-0.39, 0.29) is 0 Å². The molecule has 246 valence electrons. The maximum Gasteiger partial charge on any atom is 0.164 e. The molecule has 0 spiro atoms. The summed E-state index contributed by atoms with van der Waals surface area (Å²) < 4.78 is 6.26. The lowest BCUT2D eigenvalue weighted by molar-refractivity contribution is 0.669. The van der Waals surface area contributed by atoms with Gasteiger partial charge in [0, 0.05) is 27.5 Å². The normalized spacial score (nSPS) is 11.8. The van der Waals surface area contributed by atoms with Crippen molar-refractivity contribution in [2.75, 3.05) is 0 Å². The lowest BCUT2D eigenvalue weighted by atomic mass is 9.95. The van der Waals surface area contributed by atoms with Gasteiger partial charge < -0.3 is 4.42 Å². The minimum absolute atomic E-state index is 0.616. The second kappa shape index (κ2) is 11.7. The quantitative estimate of drug-likeness (QED) is 0.174. The number of hydrogen-bond donors (Lipinski definition) is 0. The Hall–Kier alpha value is -7.17. The Morgan fingerprint density at radius 1 is 0.302 bits per heavy atom. The second-order valence-corrected chi connectivity index (χ2v) is 13.5. The molecule has 2 aromatic heterocycles. The topological polar surface area (TPSA) is 51.8 Å². The van der Waals surface area contributed by atoms with Crippen LogP contribution in [-0.2, 0) is 0 Å². The average Bonchev–Trinajstić information content (AvgIpc) is 3.62. The molecule has 0 bridgehead atoms. The summed E-state index contributed by atoms with van der Waals surface area (Å²) in [7, 11) is 0. The van der Waals surface area contributed by atoms with Crippen LogP contribution in [0.2, 0.25) is 0 Å². The first-order chi connectivity index (χ1) is 26.3. The molecule has 4 heteroatoms. The zero-order valence-electron chi connectivity index (χ0n) is 28.5. The molecule has 11 aromatic rings. The van der Waals surface area contributed by atoms with Gasteiger partial charge in [-0.15, -0.1) is 0 Å². The zero-order chi connectivity index (χ0) is 34.9. The third kappa shape index (κ3) is 4.73. The predicted molar refractivity (Wildman–Crippen MR) is 219 cm³/mol. The van der Waals surface area contributed by atoms with Crippen LogP contribution in [-0.4, -0.2) is 15.0 Å². The van der Waals surface area contributed by atoms with E-state index in [0.29, 0.717) is 17.5 Å². The van der Waals surface area contributed by atoms with Crippen molar-refractivity contribution in [2.45, 2.75) is 0 Å². The van der Waals surface area contributed by atoms with Gasteiger partial charge in [-0.2, -0.15) is 0 Å². The van der Waals surface area contributed by atoms with Gasteiger partial charge in [-0.1, -0.05) is 146 Å². The summed E-state index contributed by atoms with van der Waals surface area (Å²) >= 11 is 0. The van der Waals surface area contributed by atoms with E-state index in [1.807, 2.05) is 18.2 Å². The van der Waals surface area contributed by atoms with Gasteiger partial charge in [-0.05, 0) is 84.5 Å². The molecule has 0 atom stereocenters. The highest BCUT2D eigenvalue weighted by Gasteiger charge is 2.19. The van der Waals surface area contributed by atoms with Crippen molar-refractivity contribution in [3.05, 3.63) is 176 Å². The van der Waals surface area contributed by atoms with Gasteiger partial charge in [0.25, 0.3) is 0 Å². The summed E-state index contributed by atoms with van der Waals surface area (Å²) in [5.74, 6) is 1.89. The maximum absolute atomic E-state index is 6.26. The molecule has 0 unspecified atom stereocenters.